The highest BCUT2D eigenvalue weighted by Gasteiger charge is 2.15. The fraction of sp³-hybridized carbons (Fsp3) is 0.130. The number of ether oxygens (including phenoxy) is 1. The predicted octanol–water partition coefficient (Wildman–Crippen LogP) is 5.17. The zero-order valence-corrected chi connectivity index (χ0v) is 16.7. The molecule has 2 N–H and O–H groups in total. The number of halogens is 1. The third-order valence-electron chi connectivity index (χ3n) is 4.33. The number of methoxy groups -OCH3 is 1. The summed E-state index contributed by atoms with van der Waals surface area (Å²) in [6, 6.07) is 21.5. The lowest BCUT2D eigenvalue weighted by Crippen LogP contribution is -2.18. The van der Waals surface area contributed by atoms with Crippen LogP contribution in [0.2, 0.25) is 5.02 Å². The molecule has 0 aliphatic rings. The van der Waals surface area contributed by atoms with Gasteiger partial charge < -0.3 is 15.4 Å². The Kier molecular flexibility index (Phi) is 6.87. The quantitative estimate of drug-likeness (QED) is 0.566. The Morgan fingerprint density at radius 3 is 2.34 bits per heavy atom. The van der Waals surface area contributed by atoms with Gasteiger partial charge in [0, 0.05) is 17.1 Å². The van der Waals surface area contributed by atoms with E-state index >= 15 is 0 Å². The highest BCUT2D eigenvalue weighted by atomic mass is 35.5. The predicted molar refractivity (Wildman–Crippen MR) is 116 cm³/mol. The van der Waals surface area contributed by atoms with Crippen molar-refractivity contribution in [3.05, 3.63) is 88.9 Å². The molecular formula is C23H21ClN2O3. The smallest absolute Gasteiger partial charge is 0.257 e. The van der Waals surface area contributed by atoms with Crippen LogP contribution in [-0.2, 0) is 11.2 Å². The Morgan fingerprint density at radius 2 is 1.66 bits per heavy atom. The summed E-state index contributed by atoms with van der Waals surface area (Å²) in [5.74, 6) is 0.155. The second-order valence-electron chi connectivity index (χ2n) is 6.41. The average Bonchev–Trinajstić information content (AvgIpc) is 2.75. The minimum Gasteiger partial charge on any atom is -0.497 e. The number of carbonyl (C=O) groups excluding carboxylic acids is 2. The first-order valence-electron chi connectivity index (χ1n) is 9.14. The summed E-state index contributed by atoms with van der Waals surface area (Å²) in [4.78, 5) is 25.1. The van der Waals surface area contributed by atoms with Gasteiger partial charge in [0.25, 0.3) is 5.91 Å². The number of anilines is 2. The molecule has 0 unspecified atom stereocenters. The Bertz CT molecular complexity index is 989. The van der Waals surface area contributed by atoms with Crippen molar-refractivity contribution in [1.29, 1.82) is 0 Å². The van der Waals surface area contributed by atoms with Crippen LogP contribution in [0.1, 0.15) is 22.3 Å². The lowest BCUT2D eigenvalue weighted by atomic mass is 10.1. The van der Waals surface area contributed by atoms with E-state index in [-0.39, 0.29) is 11.8 Å². The van der Waals surface area contributed by atoms with Crippen molar-refractivity contribution in [2.45, 2.75) is 12.8 Å². The minimum absolute atomic E-state index is 0.172. The molecule has 3 rings (SSSR count). The molecule has 0 fully saturated rings. The van der Waals surface area contributed by atoms with E-state index in [0.717, 1.165) is 5.56 Å². The van der Waals surface area contributed by atoms with E-state index in [1.807, 2.05) is 30.3 Å². The number of amides is 2. The first-order chi connectivity index (χ1) is 14.0. The van der Waals surface area contributed by atoms with Crippen LogP contribution < -0.4 is 15.4 Å². The van der Waals surface area contributed by atoms with Gasteiger partial charge >= 0.3 is 0 Å². The zero-order valence-electron chi connectivity index (χ0n) is 15.9. The maximum Gasteiger partial charge on any atom is 0.257 e. The van der Waals surface area contributed by atoms with Gasteiger partial charge in [0.2, 0.25) is 5.91 Å². The van der Waals surface area contributed by atoms with Crippen molar-refractivity contribution >= 4 is 34.8 Å². The molecular weight excluding hydrogens is 388 g/mol. The van der Waals surface area contributed by atoms with Gasteiger partial charge in [-0.15, -0.1) is 0 Å². The number of nitrogens with one attached hydrogen (secondary N) is 2. The van der Waals surface area contributed by atoms with E-state index < -0.39 is 0 Å². The summed E-state index contributed by atoms with van der Waals surface area (Å²) < 4.78 is 5.11. The molecule has 0 radical (unpaired) electrons. The second-order valence-corrected chi connectivity index (χ2v) is 6.84. The van der Waals surface area contributed by atoms with Crippen LogP contribution in [0.4, 0.5) is 11.4 Å². The summed E-state index contributed by atoms with van der Waals surface area (Å²) >= 11 is 6.07. The van der Waals surface area contributed by atoms with E-state index in [2.05, 4.69) is 10.6 Å². The van der Waals surface area contributed by atoms with Crippen LogP contribution >= 0.6 is 11.6 Å². The van der Waals surface area contributed by atoms with Crippen LogP contribution in [0.3, 0.4) is 0 Å². The van der Waals surface area contributed by atoms with Gasteiger partial charge in [-0.05, 0) is 54.4 Å². The topological polar surface area (TPSA) is 67.4 Å². The van der Waals surface area contributed by atoms with E-state index in [1.54, 1.807) is 43.5 Å². The third-order valence-corrected chi connectivity index (χ3v) is 4.57. The molecule has 0 spiro atoms. The molecule has 0 aliphatic heterocycles. The van der Waals surface area contributed by atoms with Gasteiger partial charge in [-0.3, -0.25) is 9.59 Å². The Hall–Kier alpha value is -3.31. The van der Waals surface area contributed by atoms with Gasteiger partial charge in [-0.2, -0.15) is 0 Å². The van der Waals surface area contributed by atoms with Crippen LogP contribution in [0.25, 0.3) is 0 Å². The fourth-order valence-corrected chi connectivity index (χ4v) is 2.97. The Labute approximate surface area is 174 Å². The van der Waals surface area contributed by atoms with Gasteiger partial charge in [-0.25, -0.2) is 0 Å². The monoisotopic (exact) mass is 408 g/mol. The van der Waals surface area contributed by atoms with Gasteiger partial charge in [0.05, 0.1) is 18.4 Å². The van der Waals surface area contributed by atoms with Crippen molar-refractivity contribution in [3.8, 4) is 5.75 Å². The van der Waals surface area contributed by atoms with Gasteiger partial charge in [-0.1, -0.05) is 41.9 Å². The molecule has 29 heavy (non-hydrogen) atoms. The first-order valence-corrected chi connectivity index (χ1v) is 9.51. The number of hydrogen-bond donors (Lipinski definition) is 2. The summed E-state index contributed by atoms with van der Waals surface area (Å²) in [6.07, 6.45) is 0.930. The molecule has 0 aromatic heterocycles. The normalized spacial score (nSPS) is 10.3. The van der Waals surface area contributed by atoms with Crippen LogP contribution in [0, 0.1) is 0 Å². The van der Waals surface area contributed by atoms with E-state index in [9.17, 15) is 9.59 Å². The SMILES string of the molecule is COc1ccc(NC(=O)c2cc(Cl)ccc2NC(=O)CCc2ccccc2)cc1. The van der Waals surface area contributed by atoms with Crippen LogP contribution in [-0.4, -0.2) is 18.9 Å². The second kappa shape index (κ2) is 9.75. The van der Waals surface area contributed by atoms with Crippen molar-refractivity contribution in [1.82, 2.24) is 0 Å². The minimum atomic E-state index is -0.365. The maximum atomic E-state index is 12.8. The molecule has 2 amide bonds. The van der Waals surface area contributed by atoms with Crippen molar-refractivity contribution < 1.29 is 14.3 Å². The summed E-state index contributed by atoms with van der Waals surface area (Å²) in [5.41, 5.74) is 2.40. The molecule has 3 aromatic carbocycles. The fourth-order valence-electron chi connectivity index (χ4n) is 2.80. The molecule has 148 valence electrons. The Morgan fingerprint density at radius 1 is 0.931 bits per heavy atom. The van der Waals surface area contributed by atoms with Crippen LogP contribution in [0.5, 0.6) is 5.75 Å². The zero-order chi connectivity index (χ0) is 20.6. The molecule has 5 nitrogen and oxygen atoms in total. The lowest BCUT2D eigenvalue weighted by molar-refractivity contribution is -0.116. The van der Waals surface area contributed by atoms with Crippen molar-refractivity contribution in [2.75, 3.05) is 17.7 Å². The van der Waals surface area contributed by atoms with Crippen molar-refractivity contribution in [3.63, 3.8) is 0 Å². The first kappa shape index (κ1) is 20.4. The van der Waals surface area contributed by atoms with E-state index in [1.165, 1.54) is 6.07 Å². The number of benzene rings is 3. The van der Waals surface area contributed by atoms with Gasteiger partial charge in [0.15, 0.2) is 0 Å². The molecule has 0 heterocycles. The number of aryl methyl sites for hydroxylation is 1. The number of rotatable bonds is 7. The molecule has 3 aromatic rings. The largest absolute Gasteiger partial charge is 0.497 e. The highest BCUT2D eigenvalue weighted by Crippen LogP contribution is 2.23. The van der Waals surface area contributed by atoms with Crippen molar-refractivity contribution in [2.24, 2.45) is 0 Å². The summed E-state index contributed by atoms with van der Waals surface area (Å²) in [7, 11) is 1.58. The number of carbonyl (C=O) groups is 2. The Balaban J connectivity index is 1.69. The maximum absolute atomic E-state index is 12.8. The van der Waals surface area contributed by atoms with E-state index in [4.69, 9.17) is 16.3 Å². The molecule has 0 saturated heterocycles. The average molecular weight is 409 g/mol. The standard InChI is InChI=1S/C23H21ClN2O3/c1-29-19-11-9-18(10-12-19)25-23(28)20-15-17(24)8-13-21(20)26-22(27)14-7-16-5-3-2-4-6-16/h2-6,8-13,15H,7,14H2,1H3,(H,25,28)(H,26,27). The van der Waals surface area contributed by atoms with E-state index in [0.29, 0.717) is 40.6 Å². The molecule has 0 saturated carbocycles. The number of hydrogen-bond acceptors (Lipinski definition) is 3. The third kappa shape index (κ3) is 5.83. The van der Waals surface area contributed by atoms with Gasteiger partial charge in [0.1, 0.15) is 5.75 Å². The summed E-state index contributed by atoms with van der Waals surface area (Å²) in [5, 5.41) is 6.03. The van der Waals surface area contributed by atoms with Crippen LogP contribution in [0.15, 0.2) is 72.8 Å². The lowest BCUT2D eigenvalue weighted by Gasteiger charge is -2.12. The molecule has 0 aliphatic carbocycles. The molecule has 0 bridgehead atoms. The summed E-state index contributed by atoms with van der Waals surface area (Å²) in [6.45, 7) is 0. The molecule has 6 heteroatoms. The highest BCUT2D eigenvalue weighted by molar-refractivity contribution is 6.31. The molecule has 0 atom stereocenters.